The van der Waals surface area contributed by atoms with Crippen molar-refractivity contribution < 1.29 is 4.39 Å². The van der Waals surface area contributed by atoms with Crippen LogP contribution in [0.5, 0.6) is 0 Å². The van der Waals surface area contributed by atoms with Crippen molar-refractivity contribution in [2.75, 3.05) is 5.73 Å². The van der Waals surface area contributed by atoms with E-state index in [-0.39, 0.29) is 11.8 Å². The minimum absolute atomic E-state index is 0.233. The zero-order valence-electron chi connectivity index (χ0n) is 11.4. The molecule has 1 aromatic heterocycles. The first kappa shape index (κ1) is 14.2. The highest BCUT2D eigenvalue weighted by molar-refractivity contribution is 6.35. The summed E-state index contributed by atoms with van der Waals surface area (Å²) in [7, 11) is 0. The molecule has 0 aliphatic heterocycles. The monoisotopic (exact) mass is 323 g/mol. The van der Waals surface area contributed by atoms with Crippen LogP contribution in [0.3, 0.4) is 0 Å². The van der Waals surface area contributed by atoms with Crippen molar-refractivity contribution in [2.45, 2.75) is 13.8 Å². The van der Waals surface area contributed by atoms with Gasteiger partial charge in [-0.25, -0.2) is 9.37 Å². The fourth-order valence-electron chi connectivity index (χ4n) is 2.28. The fourth-order valence-corrected chi connectivity index (χ4v) is 2.74. The molecule has 0 aliphatic carbocycles. The third kappa shape index (κ3) is 2.24. The first-order chi connectivity index (χ1) is 9.88. The summed E-state index contributed by atoms with van der Waals surface area (Å²) < 4.78 is 15.3. The minimum atomic E-state index is -0.319. The van der Waals surface area contributed by atoms with Gasteiger partial charge >= 0.3 is 0 Å². The molecule has 3 rings (SSSR count). The molecule has 3 aromatic rings. The Labute approximate surface area is 131 Å². The van der Waals surface area contributed by atoms with E-state index in [1.807, 2.05) is 6.92 Å². The van der Waals surface area contributed by atoms with Crippen LogP contribution in [0.15, 0.2) is 24.3 Å². The lowest BCUT2D eigenvalue weighted by atomic mass is 10.2. The van der Waals surface area contributed by atoms with Gasteiger partial charge in [-0.15, -0.1) is 0 Å². The molecule has 21 heavy (non-hydrogen) atoms. The second-order valence-corrected chi connectivity index (χ2v) is 5.76. The number of hydrogen-bond donors (Lipinski definition) is 1. The molecule has 0 fully saturated rings. The van der Waals surface area contributed by atoms with E-state index in [4.69, 9.17) is 28.9 Å². The Morgan fingerprint density at radius 1 is 1.05 bits per heavy atom. The topological polar surface area (TPSA) is 43.8 Å². The predicted molar refractivity (Wildman–Crippen MR) is 84.9 cm³/mol. The second-order valence-electron chi connectivity index (χ2n) is 4.95. The van der Waals surface area contributed by atoms with Crippen LogP contribution in [-0.4, -0.2) is 9.55 Å². The predicted octanol–water partition coefficient (Wildman–Crippen LogP) is 4.67. The van der Waals surface area contributed by atoms with Gasteiger partial charge in [-0.1, -0.05) is 23.2 Å². The summed E-state index contributed by atoms with van der Waals surface area (Å²) in [5, 5.41) is 1.08. The van der Waals surface area contributed by atoms with Crippen LogP contribution in [0.1, 0.15) is 11.1 Å². The minimum Gasteiger partial charge on any atom is -0.369 e. The quantitative estimate of drug-likeness (QED) is 0.707. The van der Waals surface area contributed by atoms with E-state index in [0.29, 0.717) is 32.3 Å². The Morgan fingerprint density at radius 2 is 1.76 bits per heavy atom. The molecule has 0 saturated carbocycles. The molecule has 3 nitrogen and oxygen atoms in total. The molecule has 0 saturated heterocycles. The summed E-state index contributed by atoms with van der Waals surface area (Å²) in [6.45, 7) is 3.55. The maximum Gasteiger partial charge on any atom is 0.205 e. The number of fused-ring (bicyclic) bond motifs is 1. The normalized spacial score (nSPS) is 11.3. The van der Waals surface area contributed by atoms with E-state index in [1.165, 1.54) is 6.07 Å². The van der Waals surface area contributed by atoms with Gasteiger partial charge < -0.3 is 5.73 Å². The highest BCUT2D eigenvalue weighted by Crippen LogP contribution is 2.32. The molecular formula is C15H12Cl2FN3. The van der Waals surface area contributed by atoms with Crippen LogP contribution in [0.4, 0.5) is 10.3 Å². The number of aryl methyl sites for hydroxylation is 2. The SMILES string of the molecule is Cc1cc2c(cc1F)nc(N)n2-c1cc(Cl)c(C)cc1Cl. The first-order valence-electron chi connectivity index (χ1n) is 6.28. The average molecular weight is 324 g/mol. The van der Waals surface area contributed by atoms with E-state index in [0.717, 1.165) is 5.56 Å². The first-order valence-corrected chi connectivity index (χ1v) is 7.04. The van der Waals surface area contributed by atoms with Crippen molar-refractivity contribution in [3.05, 3.63) is 51.3 Å². The van der Waals surface area contributed by atoms with Gasteiger partial charge in [-0.05, 0) is 43.2 Å². The number of rotatable bonds is 1. The summed E-state index contributed by atoms with van der Waals surface area (Å²) >= 11 is 12.5. The van der Waals surface area contributed by atoms with Gasteiger partial charge in [-0.2, -0.15) is 0 Å². The Kier molecular flexibility index (Phi) is 3.30. The molecule has 108 valence electrons. The number of halogens is 3. The van der Waals surface area contributed by atoms with Crippen molar-refractivity contribution in [2.24, 2.45) is 0 Å². The summed E-state index contributed by atoms with van der Waals surface area (Å²) in [6, 6.07) is 6.55. The van der Waals surface area contributed by atoms with Crippen molar-refractivity contribution in [1.29, 1.82) is 0 Å². The number of benzene rings is 2. The summed E-state index contributed by atoms with van der Waals surface area (Å²) in [5.41, 5.74) is 9.14. The van der Waals surface area contributed by atoms with Gasteiger partial charge in [0, 0.05) is 11.1 Å². The van der Waals surface area contributed by atoms with Crippen LogP contribution in [0, 0.1) is 19.7 Å². The zero-order valence-corrected chi connectivity index (χ0v) is 12.9. The summed E-state index contributed by atoms with van der Waals surface area (Å²) in [4.78, 5) is 4.18. The lowest BCUT2D eigenvalue weighted by molar-refractivity contribution is 0.620. The van der Waals surface area contributed by atoms with Crippen molar-refractivity contribution >= 4 is 40.2 Å². The molecular weight excluding hydrogens is 312 g/mol. The van der Waals surface area contributed by atoms with Crippen LogP contribution in [0.2, 0.25) is 10.0 Å². The van der Waals surface area contributed by atoms with Gasteiger partial charge in [-0.3, -0.25) is 4.57 Å². The molecule has 6 heteroatoms. The zero-order chi connectivity index (χ0) is 15.3. The highest BCUT2D eigenvalue weighted by atomic mass is 35.5. The molecule has 0 bridgehead atoms. The lowest BCUT2D eigenvalue weighted by Crippen LogP contribution is -2.02. The maximum absolute atomic E-state index is 13.7. The number of nitrogen functional groups attached to an aromatic ring is 1. The number of nitrogens with two attached hydrogens (primary N) is 1. The van der Waals surface area contributed by atoms with Gasteiger partial charge in [0.2, 0.25) is 5.95 Å². The van der Waals surface area contributed by atoms with E-state index < -0.39 is 0 Å². The molecule has 2 N–H and O–H groups in total. The third-order valence-corrected chi connectivity index (χ3v) is 4.14. The van der Waals surface area contributed by atoms with Crippen molar-refractivity contribution in [3.8, 4) is 5.69 Å². The molecule has 0 spiro atoms. The molecule has 2 aromatic carbocycles. The highest BCUT2D eigenvalue weighted by Gasteiger charge is 2.15. The number of nitrogens with zero attached hydrogens (tertiary/aromatic N) is 2. The Balaban J connectivity index is 2.37. The maximum atomic E-state index is 13.7. The summed E-state index contributed by atoms with van der Waals surface area (Å²) in [5.74, 6) is -0.0861. The van der Waals surface area contributed by atoms with Crippen molar-refractivity contribution in [3.63, 3.8) is 0 Å². The van der Waals surface area contributed by atoms with E-state index >= 15 is 0 Å². The lowest BCUT2D eigenvalue weighted by Gasteiger charge is -2.11. The Hall–Kier alpha value is -1.78. The van der Waals surface area contributed by atoms with Crippen LogP contribution in [0.25, 0.3) is 16.7 Å². The largest absolute Gasteiger partial charge is 0.369 e. The van der Waals surface area contributed by atoms with Crippen molar-refractivity contribution in [1.82, 2.24) is 9.55 Å². The fraction of sp³-hybridized carbons (Fsp3) is 0.133. The Morgan fingerprint density at radius 3 is 2.48 bits per heavy atom. The number of imidazole rings is 1. The van der Waals surface area contributed by atoms with Gasteiger partial charge in [0.25, 0.3) is 0 Å². The number of aromatic nitrogens is 2. The molecule has 0 radical (unpaired) electrons. The van der Waals surface area contributed by atoms with E-state index in [2.05, 4.69) is 4.98 Å². The third-order valence-electron chi connectivity index (χ3n) is 3.43. The Bertz CT molecular complexity index is 871. The number of anilines is 1. The van der Waals surface area contributed by atoms with Crippen LogP contribution >= 0.6 is 23.2 Å². The molecule has 0 unspecified atom stereocenters. The number of hydrogen-bond acceptors (Lipinski definition) is 2. The van der Waals surface area contributed by atoms with Gasteiger partial charge in [0.15, 0.2) is 0 Å². The molecule has 1 heterocycles. The van der Waals surface area contributed by atoms with E-state index in [9.17, 15) is 4.39 Å². The van der Waals surface area contributed by atoms with E-state index in [1.54, 1.807) is 29.7 Å². The van der Waals surface area contributed by atoms with Gasteiger partial charge in [0.1, 0.15) is 5.82 Å². The summed E-state index contributed by atoms with van der Waals surface area (Å²) in [6.07, 6.45) is 0. The average Bonchev–Trinajstić information content (AvgIpc) is 2.70. The second kappa shape index (κ2) is 4.90. The smallest absolute Gasteiger partial charge is 0.205 e. The molecule has 0 aliphatic rings. The van der Waals surface area contributed by atoms with Crippen LogP contribution in [-0.2, 0) is 0 Å². The van der Waals surface area contributed by atoms with Gasteiger partial charge in [0.05, 0.1) is 21.7 Å². The molecule has 0 atom stereocenters. The molecule has 0 amide bonds. The standard InChI is InChI=1S/C15H12Cl2FN3/c1-7-3-10(17)13(5-9(7)16)21-14-4-8(2)11(18)6-12(14)20-15(21)19/h3-6H,1-2H3,(H2,19,20). The van der Waals surface area contributed by atoms with Crippen LogP contribution < -0.4 is 5.73 Å².